The number of ether oxygens (including phenoxy) is 2. The minimum absolute atomic E-state index is 0.0457. The Balaban J connectivity index is 1.77. The lowest BCUT2D eigenvalue weighted by Crippen LogP contribution is -2.30. The van der Waals surface area contributed by atoms with E-state index in [1.165, 1.54) is 17.0 Å². The SMILES string of the molecule is CCOc1ccc(N2C(=O)/C(=C\c3ccc(OC(F)F)cc3)NC2=S)cc1. The molecule has 3 rings (SSSR count). The van der Waals surface area contributed by atoms with Gasteiger partial charge in [-0.15, -0.1) is 0 Å². The summed E-state index contributed by atoms with van der Waals surface area (Å²) in [5, 5.41) is 3.13. The van der Waals surface area contributed by atoms with E-state index in [1.807, 2.05) is 6.92 Å². The Morgan fingerprint density at radius 1 is 1.11 bits per heavy atom. The average Bonchev–Trinajstić information content (AvgIpc) is 2.91. The zero-order valence-electron chi connectivity index (χ0n) is 14.3. The van der Waals surface area contributed by atoms with Crippen LogP contribution < -0.4 is 19.7 Å². The number of rotatable bonds is 6. The van der Waals surface area contributed by atoms with Crippen molar-refractivity contribution in [2.75, 3.05) is 11.5 Å². The van der Waals surface area contributed by atoms with E-state index in [-0.39, 0.29) is 22.5 Å². The summed E-state index contributed by atoms with van der Waals surface area (Å²) in [5.74, 6) is 0.440. The van der Waals surface area contributed by atoms with Gasteiger partial charge in [0, 0.05) is 0 Å². The molecule has 0 spiro atoms. The molecular formula is C19H16F2N2O3S. The minimum Gasteiger partial charge on any atom is -0.494 e. The number of carbonyl (C=O) groups is 1. The lowest BCUT2D eigenvalue weighted by molar-refractivity contribution is -0.113. The largest absolute Gasteiger partial charge is 0.494 e. The molecule has 1 amide bonds. The first kappa shape index (κ1) is 18.8. The van der Waals surface area contributed by atoms with Crippen molar-refractivity contribution in [1.29, 1.82) is 0 Å². The number of carbonyl (C=O) groups excluding carboxylic acids is 1. The number of anilines is 1. The number of benzene rings is 2. The number of halogens is 2. The predicted octanol–water partition coefficient (Wildman–Crippen LogP) is 3.95. The van der Waals surface area contributed by atoms with Gasteiger partial charge in [0.05, 0.1) is 12.3 Å². The van der Waals surface area contributed by atoms with Gasteiger partial charge in [-0.05, 0) is 67.2 Å². The van der Waals surface area contributed by atoms with Crippen LogP contribution in [-0.2, 0) is 4.79 Å². The van der Waals surface area contributed by atoms with Gasteiger partial charge >= 0.3 is 6.61 Å². The molecule has 0 saturated carbocycles. The van der Waals surface area contributed by atoms with Crippen LogP contribution in [0, 0.1) is 0 Å². The summed E-state index contributed by atoms with van der Waals surface area (Å²) < 4.78 is 34.1. The highest BCUT2D eigenvalue weighted by Gasteiger charge is 2.31. The van der Waals surface area contributed by atoms with Gasteiger partial charge in [0.25, 0.3) is 5.91 Å². The molecule has 1 N–H and O–H groups in total. The number of amides is 1. The average molecular weight is 390 g/mol. The maximum absolute atomic E-state index is 12.7. The number of hydrogen-bond donors (Lipinski definition) is 1. The Morgan fingerprint density at radius 2 is 1.74 bits per heavy atom. The van der Waals surface area contributed by atoms with Crippen molar-refractivity contribution in [1.82, 2.24) is 5.32 Å². The number of nitrogens with zero attached hydrogens (tertiary/aromatic N) is 1. The summed E-state index contributed by atoms with van der Waals surface area (Å²) in [5.41, 5.74) is 1.55. The minimum atomic E-state index is -2.88. The smallest absolute Gasteiger partial charge is 0.387 e. The molecule has 1 fully saturated rings. The normalized spacial score (nSPS) is 15.4. The van der Waals surface area contributed by atoms with E-state index in [0.717, 1.165) is 0 Å². The first-order valence-corrected chi connectivity index (χ1v) is 8.53. The Labute approximate surface area is 160 Å². The van der Waals surface area contributed by atoms with Crippen LogP contribution in [0.3, 0.4) is 0 Å². The molecule has 140 valence electrons. The molecule has 27 heavy (non-hydrogen) atoms. The topological polar surface area (TPSA) is 50.8 Å². The van der Waals surface area contributed by atoms with Crippen LogP contribution in [0.25, 0.3) is 6.08 Å². The summed E-state index contributed by atoms with van der Waals surface area (Å²) in [7, 11) is 0. The third-order valence-electron chi connectivity index (χ3n) is 3.70. The molecule has 1 aliphatic rings. The molecule has 0 unspecified atom stereocenters. The zero-order chi connectivity index (χ0) is 19.4. The summed E-state index contributed by atoms with van der Waals surface area (Å²) in [6.07, 6.45) is 1.59. The fourth-order valence-electron chi connectivity index (χ4n) is 2.54. The van der Waals surface area contributed by atoms with E-state index < -0.39 is 6.61 Å². The summed E-state index contributed by atoms with van der Waals surface area (Å²) in [6.45, 7) is -0.441. The van der Waals surface area contributed by atoms with E-state index in [1.54, 1.807) is 42.5 Å². The Kier molecular flexibility index (Phi) is 5.66. The molecule has 1 saturated heterocycles. The van der Waals surface area contributed by atoms with Gasteiger partial charge in [-0.1, -0.05) is 12.1 Å². The number of hydrogen-bond acceptors (Lipinski definition) is 4. The molecule has 0 atom stereocenters. The molecule has 0 bridgehead atoms. The van der Waals surface area contributed by atoms with Crippen molar-refractivity contribution in [3.8, 4) is 11.5 Å². The maximum Gasteiger partial charge on any atom is 0.387 e. The van der Waals surface area contributed by atoms with Crippen LogP contribution in [0.5, 0.6) is 11.5 Å². The number of thiocarbonyl (C=S) groups is 1. The van der Waals surface area contributed by atoms with Crippen molar-refractivity contribution >= 4 is 35.0 Å². The van der Waals surface area contributed by atoms with Crippen LogP contribution in [0.15, 0.2) is 54.2 Å². The lowest BCUT2D eigenvalue weighted by Gasteiger charge is -2.14. The quantitative estimate of drug-likeness (QED) is 0.598. The summed E-state index contributed by atoms with van der Waals surface area (Å²) in [4.78, 5) is 14.1. The molecule has 2 aromatic rings. The van der Waals surface area contributed by atoms with Crippen LogP contribution >= 0.6 is 12.2 Å². The van der Waals surface area contributed by atoms with Gasteiger partial charge in [-0.3, -0.25) is 9.69 Å². The highest BCUT2D eigenvalue weighted by molar-refractivity contribution is 7.80. The van der Waals surface area contributed by atoms with Gasteiger partial charge in [0.15, 0.2) is 5.11 Å². The second-order valence-electron chi connectivity index (χ2n) is 5.50. The van der Waals surface area contributed by atoms with Crippen LogP contribution in [0.1, 0.15) is 12.5 Å². The molecule has 0 aliphatic carbocycles. The van der Waals surface area contributed by atoms with E-state index in [0.29, 0.717) is 23.6 Å². The van der Waals surface area contributed by atoms with Crippen molar-refractivity contribution < 1.29 is 23.0 Å². The van der Waals surface area contributed by atoms with E-state index in [2.05, 4.69) is 10.1 Å². The van der Waals surface area contributed by atoms with Crippen LogP contribution in [0.4, 0.5) is 14.5 Å². The first-order valence-electron chi connectivity index (χ1n) is 8.13. The Morgan fingerprint density at radius 3 is 2.33 bits per heavy atom. The third kappa shape index (κ3) is 4.40. The van der Waals surface area contributed by atoms with Gasteiger partial charge < -0.3 is 14.8 Å². The molecule has 1 heterocycles. The molecule has 5 nitrogen and oxygen atoms in total. The second-order valence-corrected chi connectivity index (χ2v) is 5.89. The van der Waals surface area contributed by atoms with E-state index in [4.69, 9.17) is 17.0 Å². The van der Waals surface area contributed by atoms with Crippen molar-refractivity contribution in [2.45, 2.75) is 13.5 Å². The monoisotopic (exact) mass is 390 g/mol. The highest BCUT2D eigenvalue weighted by atomic mass is 32.1. The zero-order valence-corrected chi connectivity index (χ0v) is 15.1. The number of nitrogens with one attached hydrogen (secondary N) is 1. The summed E-state index contributed by atoms with van der Waals surface area (Å²) >= 11 is 5.26. The van der Waals surface area contributed by atoms with Crippen molar-refractivity contribution in [3.63, 3.8) is 0 Å². The Hall–Kier alpha value is -3.00. The van der Waals surface area contributed by atoms with Crippen LogP contribution in [-0.4, -0.2) is 24.2 Å². The Bertz CT molecular complexity index is 868. The highest BCUT2D eigenvalue weighted by Crippen LogP contribution is 2.25. The van der Waals surface area contributed by atoms with Gasteiger partial charge in [-0.25, -0.2) is 0 Å². The lowest BCUT2D eigenvalue weighted by atomic mass is 10.2. The van der Waals surface area contributed by atoms with Gasteiger partial charge in [0.2, 0.25) is 0 Å². The molecule has 8 heteroatoms. The van der Waals surface area contributed by atoms with Crippen LogP contribution in [0.2, 0.25) is 0 Å². The second kappa shape index (κ2) is 8.13. The van der Waals surface area contributed by atoms with E-state index in [9.17, 15) is 13.6 Å². The number of alkyl halides is 2. The van der Waals surface area contributed by atoms with Gasteiger partial charge in [-0.2, -0.15) is 8.78 Å². The maximum atomic E-state index is 12.7. The van der Waals surface area contributed by atoms with E-state index >= 15 is 0 Å². The fourth-order valence-corrected chi connectivity index (χ4v) is 2.84. The van der Waals surface area contributed by atoms with Crippen molar-refractivity contribution in [2.24, 2.45) is 0 Å². The standard InChI is InChI=1S/C19H16F2N2O3S/c1-2-25-14-9-5-13(6-10-14)23-17(24)16(22-19(23)27)11-12-3-7-15(8-4-12)26-18(20)21/h3-11,18H,2H2,1H3,(H,22,27)/b16-11+. The first-order chi connectivity index (χ1) is 13.0. The fraction of sp³-hybridized carbons (Fsp3) is 0.158. The van der Waals surface area contributed by atoms with Crippen molar-refractivity contribution in [3.05, 3.63) is 59.8 Å². The predicted molar refractivity (Wildman–Crippen MR) is 102 cm³/mol. The molecule has 0 aromatic heterocycles. The third-order valence-corrected chi connectivity index (χ3v) is 3.99. The summed E-state index contributed by atoms with van der Waals surface area (Å²) in [6, 6.07) is 13.0. The molecule has 2 aromatic carbocycles. The molecule has 0 radical (unpaired) electrons. The molecular weight excluding hydrogens is 374 g/mol. The molecule has 1 aliphatic heterocycles. The van der Waals surface area contributed by atoms with Gasteiger partial charge in [0.1, 0.15) is 17.2 Å².